The van der Waals surface area contributed by atoms with Crippen LogP contribution in [0.4, 0.5) is 14.9 Å². The Hall–Kier alpha value is -5.12. The van der Waals surface area contributed by atoms with Gasteiger partial charge < -0.3 is 20.8 Å². The summed E-state index contributed by atoms with van der Waals surface area (Å²) in [4.78, 5) is 59.7. The Morgan fingerprint density at radius 3 is 2.48 bits per heavy atom. The number of rotatable bonds is 9. The molecule has 1 aliphatic heterocycles. The van der Waals surface area contributed by atoms with Crippen molar-refractivity contribution in [1.82, 2.24) is 9.80 Å². The minimum atomic E-state index is -1.55. The molecule has 4 rings (SSSR count). The Morgan fingerprint density at radius 2 is 1.88 bits per heavy atom. The smallest absolute Gasteiger partial charge is 0.417 e. The van der Waals surface area contributed by atoms with E-state index in [9.17, 15) is 28.8 Å². The van der Waals surface area contributed by atoms with Gasteiger partial charge >= 0.3 is 6.09 Å². The van der Waals surface area contributed by atoms with E-state index in [2.05, 4.69) is 15.4 Å². The number of halogens is 1. The largest absolute Gasteiger partial charge is 0.452 e. The number of nitrogens with zero attached hydrogens (tertiary/aromatic N) is 5. The summed E-state index contributed by atoms with van der Waals surface area (Å²) in [5.74, 6) is 1.99. The van der Waals surface area contributed by atoms with Gasteiger partial charge in [0.2, 0.25) is 11.8 Å². The number of hydrogen-bond acceptors (Lipinski definition) is 9. The van der Waals surface area contributed by atoms with Crippen molar-refractivity contribution in [2.45, 2.75) is 43.8 Å². The van der Waals surface area contributed by atoms with Gasteiger partial charge in [0.15, 0.2) is 5.71 Å². The third kappa shape index (κ3) is 7.14. The number of anilines is 1. The third-order valence-electron chi connectivity index (χ3n) is 6.99. The predicted octanol–water partition coefficient (Wildman–Crippen LogP) is 2.26. The number of hydrogen-bond donors (Lipinski definition) is 2. The Balaban J connectivity index is 1.66. The molecular formula is C29H30FN7O5. The van der Waals surface area contributed by atoms with Crippen LogP contribution in [0.2, 0.25) is 0 Å². The van der Waals surface area contributed by atoms with Crippen molar-refractivity contribution in [3.63, 3.8) is 0 Å². The summed E-state index contributed by atoms with van der Waals surface area (Å²) in [5, 5.41) is 16.1. The number of nitrogens with two attached hydrogens (primary N) is 1. The molecule has 2 aromatic rings. The fourth-order valence-electron chi connectivity index (χ4n) is 4.60. The van der Waals surface area contributed by atoms with Gasteiger partial charge in [0.05, 0.1) is 31.4 Å². The lowest BCUT2D eigenvalue weighted by Gasteiger charge is -2.32. The van der Waals surface area contributed by atoms with Gasteiger partial charge in [0.1, 0.15) is 17.9 Å². The molecule has 2 aromatic carbocycles. The summed E-state index contributed by atoms with van der Waals surface area (Å²) in [6.45, 7) is -0.139. The lowest BCUT2D eigenvalue weighted by molar-refractivity contribution is -0.141. The van der Waals surface area contributed by atoms with E-state index in [1.807, 2.05) is 6.07 Å². The van der Waals surface area contributed by atoms with Crippen molar-refractivity contribution >= 4 is 41.4 Å². The van der Waals surface area contributed by atoms with Gasteiger partial charge in [0, 0.05) is 18.7 Å². The fourth-order valence-corrected chi connectivity index (χ4v) is 4.60. The summed E-state index contributed by atoms with van der Waals surface area (Å²) < 4.78 is 18.5. The fraction of sp³-hybridized carbons (Fsp3) is 0.345. The minimum absolute atomic E-state index is 0.0118. The lowest BCUT2D eigenvalue weighted by atomic mass is 10.0. The molecule has 0 aromatic heterocycles. The van der Waals surface area contributed by atoms with Crippen molar-refractivity contribution < 1.29 is 28.3 Å². The Bertz CT molecular complexity index is 1420. The first-order chi connectivity index (χ1) is 20.2. The highest BCUT2D eigenvalue weighted by Crippen LogP contribution is 2.27. The first-order valence-corrected chi connectivity index (χ1v) is 13.3. The molecule has 3 atom stereocenters. The molecule has 0 spiro atoms. The first kappa shape index (κ1) is 29.9. The zero-order valence-corrected chi connectivity index (χ0v) is 22.9. The topological polar surface area (TPSA) is 171 Å². The Morgan fingerprint density at radius 1 is 1.19 bits per heavy atom. The molecule has 1 heterocycles. The maximum absolute atomic E-state index is 14.1. The molecule has 13 heteroatoms. The number of benzene rings is 2. The molecule has 1 aliphatic carbocycles. The standard InChI is InChI=1S/C29H30FN7O5/c1-42-29(41)37(27(39)24(35-32)16-33-21-11-12-21)25(13-18-7-9-20(30)10-8-18)28(40)36-17-19(14-23(36)15-31)26(38)34-22-5-3-2-4-6-22/h2-10,16,19,21,23,25H,11-14,17,32H2,1H3,(H,34,38)/b33-16?,35-24+/t19?,23?,25-/m0/s1. The van der Waals surface area contributed by atoms with Crippen molar-refractivity contribution in [2.75, 3.05) is 19.0 Å². The molecule has 42 heavy (non-hydrogen) atoms. The number of methoxy groups -OCH3 is 1. The summed E-state index contributed by atoms with van der Waals surface area (Å²) in [7, 11) is 1.04. The average Bonchev–Trinajstić information content (AvgIpc) is 3.73. The number of carbonyl (C=O) groups excluding carboxylic acids is 4. The highest BCUT2D eigenvalue weighted by atomic mass is 19.1. The number of hydrazone groups is 1. The number of ether oxygens (including phenoxy) is 1. The molecule has 2 aliphatic rings. The molecule has 0 bridgehead atoms. The second-order valence-corrected chi connectivity index (χ2v) is 9.94. The van der Waals surface area contributed by atoms with Crippen LogP contribution in [0, 0.1) is 23.1 Å². The molecule has 3 N–H and O–H groups in total. The quantitative estimate of drug-likeness (QED) is 0.262. The van der Waals surface area contributed by atoms with Crippen LogP contribution in [0.5, 0.6) is 0 Å². The van der Waals surface area contributed by atoms with Gasteiger partial charge in [-0.15, -0.1) is 0 Å². The number of likely N-dealkylation sites (tertiary alicyclic amines) is 1. The molecule has 2 fully saturated rings. The molecule has 218 valence electrons. The summed E-state index contributed by atoms with van der Waals surface area (Å²) >= 11 is 0. The second kappa shape index (κ2) is 13.5. The van der Waals surface area contributed by atoms with Crippen LogP contribution in [0.3, 0.4) is 0 Å². The number of nitriles is 1. The number of imide groups is 1. The van der Waals surface area contributed by atoms with E-state index < -0.39 is 41.7 Å². The normalized spacial score (nSPS) is 19.2. The number of amides is 4. The van der Waals surface area contributed by atoms with Crippen LogP contribution in [0.15, 0.2) is 64.7 Å². The van der Waals surface area contributed by atoms with Crippen molar-refractivity contribution in [1.29, 1.82) is 5.26 Å². The van der Waals surface area contributed by atoms with Crippen LogP contribution in [0.1, 0.15) is 24.8 Å². The highest BCUT2D eigenvalue weighted by molar-refractivity contribution is 6.61. The lowest BCUT2D eigenvalue weighted by Crippen LogP contribution is -2.57. The SMILES string of the molecule is COC(=O)N(C(=O)/C(C=NC1CC1)=N/N)[C@@H](Cc1ccc(F)cc1)C(=O)N1CC(C(=O)Nc2ccccc2)CC1C#N. The van der Waals surface area contributed by atoms with Crippen LogP contribution in [-0.4, -0.2) is 77.3 Å². The maximum atomic E-state index is 14.1. The van der Waals surface area contributed by atoms with Crippen molar-refractivity contribution in [2.24, 2.45) is 21.9 Å². The highest BCUT2D eigenvalue weighted by Gasteiger charge is 2.45. The summed E-state index contributed by atoms with van der Waals surface area (Å²) in [5.41, 5.74) is 0.585. The second-order valence-electron chi connectivity index (χ2n) is 9.94. The van der Waals surface area contributed by atoms with Crippen molar-refractivity contribution in [3.05, 3.63) is 66.0 Å². The molecule has 12 nitrogen and oxygen atoms in total. The zero-order valence-electron chi connectivity index (χ0n) is 22.9. The average molecular weight is 576 g/mol. The van der Waals surface area contributed by atoms with Gasteiger partial charge in [-0.2, -0.15) is 10.4 Å². The van der Waals surface area contributed by atoms with Crippen LogP contribution < -0.4 is 11.2 Å². The van der Waals surface area contributed by atoms with E-state index in [1.165, 1.54) is 29.2 Å². The van der Waals surface area contributed by atoms with Gasteiger partial charge in [0.25, 0.3) is 5.91 Å². The van der Waals surface area contributed by atoms with Gasteiger partial charge in [-0.05, 0) is 49.1 Å². The maximum Gasteiger partial charge on any atom is 0.417 e. The van der Waals surface area contributed by atoms with Crippen molar-refractivity contribution in [3.8, 4) is 6.07 Å². The predicted molar refractivity (Wildman–Crippen MR) is 151 cm³/mol. The van der Waals surface area contributed by atoms with Crippen LogP contribution >= 0.6 is 0 Å². The monoisotopic (exact) mass is 575 g/mol. The van der Waals surface area contributed by atoms with Crippen LogP contribution in [-0.2, 0) is 25.5 Å². The van der Waals surface area contributed by atoms with E-state index in [1.54, 1.807) is 30.3 Å². The molecule has 0 radical (unpaired) electrons. The molecular weight excluding hydrogens is 545 g/mol. The Labute approximate surface area is 241 Å². The molecule has 2 unspecified atom stereocenters. The summed E-state index contributed by atoms with van der Waals surface area (Å²) in [6, 6.07) is 13.4. The third-order valence-corrected chi connectivity index (χ3v) is 6.99. The van der Waals surface area contributed by atoms with Gasteiger partial charge in [-0.3, -0.25) is 19.4 Å². The first-order valence-electron chi connectivity index (χ1n) is 13.3. The number of nitrogens with one attached hydrogen (secondary N) is 1. The zero-order chi connectivity index (χ0) is 30.2. The number of para-hydroxylation sites is 1. The van der Waals surface area contributed by atoms with E-state index in [-0.39, 0.29) is 37.0 Å². The van der Waals surface area contributed by atoms with Gasteiger partial charge in [-0.1, -0.05) is 30.3 Å². The van der Waals surface area contributed by atoms with E-state index in [0.717, 1.165) is 26.2 Å². The number of carbonyl (C=O) groups is 4. The summed E-state index contributed by atoms with van der Waals surface area (Å²) in [6.07, 6.45) is 1.43. The van der Waals surface area contributed by atoms with E-state index >= 15 is 0 Å². The van der Waals surface area contributed by atoms with Crippen LogP contribution in [0.25, 0.3) is 0 Å². The molecule has 1 saturated heterocycles. The van der Waals surface area contributed by atoms with E-state index in [4.69, 9.17) is 10.6 Å². The molecule has 1 saturated carbocycles. The number of aliphatic imine (C=N–C) groups is 1. The minimum Gasteiger partial charge on any atom is -0.452 e. The van der Waals surface area contributed by atoms with E-state index in [0.29, 0.717) is 16.2 Å². The van der Waals surface area contributed by atoms with Gasteiger partial charge in [-0.25, -0.2) is 14.1 Å². The molecule has 4 amide bonds. The Kier molecular flexibility index (Phi) is 9.59.